The fraction of sp³-hybridized carbons (Fsp3) is 0.455. The molecule has 0 spiro atoms. The minimum absolute atomic E-state index is 0.00391. The molecular formula is C11H11BrN2O2S. The molecule has 1 aromatic rings. The van der Waals surface area contributed by atoms with Crippen molar-refractivity contribution in [2.45, 2.75) is 25.8 Å². The molecule has 0 bridgehead atoms. The van der Waals surface area contributed by atoms with E-state index in [0.717, 1.165) is 21.5 Å². The molecule has 2 aliphatic rings. The van der Waals surface area contributed by atoms with Crippen molar-refractivity contribution in [2.24, 2.45) is 0 Å². The van der Waals surface area contributed by atoms with Gasteiger partial charge in [0, 0.05) is 24.6 Å². The van der Waals surface area contributed by atoms with E-state index in [1.807, 2.05) is 6.92 Å². The summed E-state index contributed by atoms with van der Waals surface area (Å²) in [5.41, 5.74) is 1.94. The zero-order valence-electron chi connectivity index (χ0n) is 9.25. The lowest BCUT2D eigenvalue weighted by Gasteiger charge is -2.28. The highest BCUT2D eigenvalue weighted by Gasteiger charge is 2.36. The average Bonchev–Trinajstić information content (AvgIpc) is 2.54. The van der Waals surface area contributed by atoms with E-state index in [0.29, 0.717) is 17.8 Å². The van der Waals surface area contributed by atoms with Crippen molar-refractivity contribution in [1.82, 2.24) is 5.32 Å². The molecule has 0 saturated heterocycles. The van der Waals surface area contributed by atoms with Gasteiger partial charge in [-0.3, -0.25) is 9.59 Å². The van der Waals surface area contributed by atoms with Crippen LogP contribution in [0.4, 0.5) is 5.69 Å². The summed E-state index contributed by atoms with van der Waals surface area (Å²) in [5.74, 6) is 0.0500. The lowest BCUT2D eigenvalue weighted by Crippen LogP contribution is -2.42. The first kappa shape index (κ1) is 11.2. The minimum Gasteiger partial charge on any atom is -0.347 e. The number of carbonyl (C=O) groups is 2. The van der Waals surface area contributed by atoms with E-state index in [9.17, 15) is 9.59 Å². The van der Waals surface area contributed by atoms with Gasteiger partial charge in [-0.05, 0) is 29.3 Å². The van der Waals surface area contributed by atoms with Gasteiger partial charge < -0.3 is 10.2 Å². The number of anilines is 1. The molecule has 3 rings (SSSR count). The van der Waals surface area contributed by atoms with Crippen molar-refractivity contribution in [3.8, 4) is 0 Å². The van der Waals surface area contributed by atoms with Crippen LogP contribution in [-0.2, 0) is 11.2 Å². The molecule has 1 atom stereocenters. The van der Waals surface area contributed by atoms with Crippen LogP contribution in [-0.4, -0.2) is 24.4 Å². The first-order chi connectivity index (χ1) is 8.08. The van der Waals surface area contributed by atoms with Crippen LogP contribution >= 0.6 is 27.3 Å². The third-order valence-electron chi connectivity index (χ3n) is 3.13. The number of nitrogens with one attached hydrogen (secondary N) is 1. The first-order valence-corrected chi connectivity index (χ1v) is 7.11. The minimum atomic E-state index is -0.0679. The van der Waals surface area contributed by atoms with Crippen molar-refractivity contribution in [3.05, 3.63) is 14.2 Å². The number of halogens is 1. The maximum absolute atomic E-state index is 12.0. The number of nitrogens with zero attached hydrogens (tertiary/aromatic N) is 1. The number of rotatable bonds is 0. The molecule has 6 heteroatoms. The quantitative estimate of drug-likeness (QED) is 0.795. The van der Waals surface area contributed by atoms with Gasteiger partial charge in [-0.2, -0.15) is 0 Å². The van der Waals surface area contributed by atoms with Crippen LogP contribution in [0.5, 0.6) is 0 Å². The van der Waals surface area contributed by atoms with E-state index in [2.05, 4.69) is 21.2 Å². The van der Waals surface area contributed by atoms with Crippen LogP contribution in [0.2, 0.25) is 0 Å². The largest absolute Gasteiger partial charge is 0.347 e. The van der Waals surface area contributed by atoms with E-state index in [4.69, 9.17) is 0 Å². The molecule has 0 aliphatic carbocycles. The number of thiophene rings is 1. The summed E-state index contributed by atoms with van der Waals surface area (Å²) in [4.78, 5) is 26.4. The van der Waals surface area contributed by atoms with Crippen LogP contribution in [0.1, 0.15) is 28.6 Å². The second-order valence-corrected chi connectivity index (χ2v) is 6.75. The van der Waals surface area contributed by atoms with Gasteiger partial charge in [0.1, 0.15) is 4.88 Å². The lowest BCUT2D eigenvalue weighted by molar-refractivity contribution is -0.118. The Labute approximate surface area is 111 Å². The van der Waals surface area contributed by atoms with Gasteiger partial charge in [-0.1, -0.05) is 0 Å². The highest BCUT2D eigenvalue weighted by molar-refractivity contribution is 9.11. The predicted molar refractivity (Wildman–Crippen MR) is 69.6 cm³/mol. The molecule has 17 heavy (non-hydrogen) atoms. The standard InChI is InChI=1S/C11H11BrN2O2S/c1-5-4-14-7(15)3-2-6-8(14)9(11(16)13-5)17-10(6)12/h5H,2-4H2,1H3,(H,13,16)/t5-/m0/s1. The van der Waals surface area contributed by atoms with Gasteiger partial charge in [0.05, 0.1) is 9.47 Å². The van der Waals surface area contributed by atoms with Crippen LogP contribution in [0.3, 0.4) is 0 Å². The Morgan fingerprint density at radius 1 is 1.41 bits per heavy atom. The monoisotopic (exact) mass is 314 g/mol. The summed E-state index contributed by atoms with van der Waals surface area (Å²) in [6.45, 7) is 2.48. The molecule has 2 amide bonds. The Bertz CT molecular complexity index is 526. The molecule has 0 fully saturated rings. The normalized spacial score (nSPS) is 23.2. The van der Waals surface area contributed by atoms with Crippen LogP contribution < -0.4 is 10.2 Å². The molecular weight excluding hydrogens is 304 g/mol. The van der Waals surface area contributed by atoms with Gasteiger partial charge in [0.15, 0.2) is 0 Å². The summed E-state index contributed by atoms with van der Waals surface area (Å²) >= 11 is 4.91. The third kappa shape index (κ3) is 1.62. The van der Waals surface area contributed by atoms with Gasteiger partial charge in [-0.15, -0.1) is 11.3 Å². The Morgan fingerprint density at radius 2 is 2.18 bits per heavy atom. The third-order valence-corrected chi connectivity index (χ3v) is 5.10. The number of hydrogen-bond donors (Lipinski definition) is 1. The van der Waals surface area contributed by atoms with Crippen molar-refractivity contribution in [2.75, 3.05) is 11.4 Å². The van der Waals surface area contributed by atoms with Gasteiger partial charge in [0.2, 0.25) is 5.91 Å². The van der Waals surface area contributed by atoms with E-state index < -0.39 is 0 Å². The van der Waals surface area contributed by atoms with E-state index in [-0.39, 0.29) is 17.9 Å². The zero-order chi connectivity index (χ0) is 12.2. The maximum atomic E-state index is 12.0. The second kappa shape index (κ2) is 3.81. The highest BCUT2D eigenvalue weighted by Crippen LogP contribution is 2.43. The zero-order valence-corrected chi connectivity index (χ0v) is 11.7. The Morgan fingerprint density at radius 3 is 2.94 bits per heavy atom. The predicted octanol–water partition coefficient (Wildman–Crippen LogP) is 1.92. The second-order valence-electron chi connectivity index (χ2n) is 4.41. The summed E-state index contributed by atoms with van der Waals surface area (Å²) in [7, 11) is 0. The first-order valence-electron chi connectivity index (χ1n) is 5.50. The van der Waals surface area contributed by atoms with Crippen molar-refractivity contribution in [3.63, 3.8) is 0 Å². The number of carbonyl (C=O) groups excluding carboxylic acids is 2. The maximum Gasteiger partial charge on any atom is 0.263 e. The summed E-state index contributed by atoms with van der Waals surface area (Å²) in [6, 6.07) is -0.00391. The molecule has 90 valence electrons. The molecule has 0 radical (unpaired) electrons. The smallest absolute Gasteiger partial charge is 0.263 e. The van der Waals surface area contributed by atoms with Crippen LogP contribution in [0, 0.1) is 0 Å². The topological polar surface area (TPSA) is 49.4 Å². The molecule has 0 unspecified atom stereocenters. The van der Waals surface area contributed by atoms with Crippen LogP contribution in [0.25, 0.3) is 0 Å². The number of amides is 2. The van der Waals surface area contributed by atoms with Crippen molar-refractivity contribution < 1.29 is 9.59 Å². The van der Waals surface area contributed by atoms with E-state index in [1.54, 1.807) is 4.90 Å². The fourth-order valence-electron chi connectivity index (χ4n) is 2.38. The summed E-state index contributed by atoms with van der Waals surface area (Å²) in [5, 5.41) is 2.91. The Kier molecular flexibility index (Phi) is 2.52. The molecule has 1 aromatic heterocycles. The van der Waals surface area contributed by atoms with Crippen molar-refractivity contribution in [1.29, 1.82) is 0 Å². The van der Waals surface area contributed by atoms with Gasteiger partial charge in [0.25, 0.3) is 5.91 Å². The van der Waals surface area contributed by atoms with Crippen molar-refractivity contribution >= 4 is 44.8 Å². The molecule has 1 N–H and O–H groups in total. The van der Waals surface area contributed by atoms with E-state index in [1.165, 1.54) is 11.3 Å². The Balaban J connectivity index is 2.22. The molecule has 3 heterocycles. The molecule has 4 nitrogen and oxygen atoms in total. The lowest BCUT2D eigenvalue weighted by atomic mass is 10.0. The highest BCUT2D eigenvalue weighted by atomic mass is 79.9. The molecule has 0 saturated carbocycles. The fourth-order valence-corrected chi connectivity index (χ4v) is 4.23. The molecule has 0 aromatic carbocycles. The van der Waals surface area contributed by atoms with E-state index >= 15 is 0 Å². The van der Waals surface area contributed by atoms with Gasteiger partial charge >= 0.3 is 0 Å². The SMILES string of the molecule is C[C@H]1CN2C(=O)CCc3c(Br)sc(c32)C(=O)N1. The summed E-state index contributed by atoms with van der Waals surface area (Å²) < 4.78 is 0.977. The number of hydrogen-bond acceptors (Lipinski definition) is 3. The molecule has 2 aliphatic heterocycles. The Hall–Kier alpha value is -0.880. The summed E-state index contributed by atoms with van der Waals surface area (Å²) in [6.07, 6.45) is 1.26. The van der Waals surface area contributed by atoms with Crippen LogP contribution in [0.15, 0.2) is 3.79 Å². The average molecular weight is 315 g/mol. The van der Waals surface area contributed by atoms with Gasteiger partial charge in [-0.25, -0.2) is 0 Å².